The summed E-state index contributed by atoms with van der Waals surface area (Å²) in [5.74, 6) is -0.942. The molecule has 0 radical (unpaired) electrons. The molecule has 1 N–H and O–H groups in total. The number of benzene rings is 2. The molecule has 4 heteroatoms. The maximum Gasteiger partial charge on any atom is 0.130 e. The summed E-state index contributed by atoms with van der Waals surface area (Å²) < 4.78 is 26.5. The number of halogens is 3. The topological polar surface area (TPSA) is 20.2 Å². The number of hydrogen-bond donors (Lipinski definition) is 1. The van der Waals surface area contributed by atoms with Crippen LogP contribution in [0.25, 0.3) is 0 Å². The molecule has 0 aromatic heterocycles. The lowest BCUT2D eigenvalue weighted by atomic mass is 10.0. The predicted octanol–water partition coefficient (Wildman–Crippen LogP) is 3.89. The minimum Gasteiger partial charge on any atom is -0.388 e. The molecular weight excluding hydrogens is 258 g/mol. The number of rotatable bonds is 3. The summed E-state index contributed by atoms with van der Waals surface area (Å²) in [6.45, 7) is 0. The van der Waals surface area contributed by atoms with Crippen molar-refractivity contribution in [1.29, 1.82) is 0 Å². The Hall–Kier alpha value is -1.45. The van der Waals surface area contributed by atoms with Crippen LogP contribution < -0.4 is 0 Å². The van der Waals surface area contributed by atoms with Crippen LogP contribution >= 0.6 is 11.6 Å². The van der Waals surface area contributed by atoms with Gasteiger partial charge in [-0.1, -0.05) is 29.8 Å². The lowest BCUT2D eigenvalue weighted by Crippen LogP contribution is -2.04. The highest BCUT2D eigenvalue weighted by Crippen LogP contribution is 2.23. The molecule has 0 amide bonds. The Morgan fingerprint density at radius 1 is 1.11 bits per heavy atom. The maximum atomic E-state index is 13.6. The van der Waals surface area contributed by atoms with Crippen LogP contribution in [0.2, 0.25) is 5.02 Å². The van der Waals surface area contributed by atoms with E-state index in [1.807, 2.05) is 0 Å². The minimum absolute atomic E-state index is 0.149. The van der Waals surface area contributed by atoms with Gasteiger partial charge in [-0.25, -0.2) is 8.78 Å². The zero-order valence-corrected chi connectivity index (χ0v) is 10.2. The first-order valence-corrected chi connectivity index (χ1v) is 5.81. The molecule has 1 atom stereocenters. The summed E-state index contributed by atoms with van der Waals surface area (Å²) in [4.78, 5) is 0. The summed E-state index contributed by atoms with van der Waals surface area (Å²) >= 11 is 5.63. The van der Waals surface area contributed by atoms with Crippen molar-refractivity contribution in [3.63, 3.8) is 0 Å². The normalized spacial score (nSPS) is 12.4. The van der Waals surface area contributed by atoms with Gasteiger partial charge in [0.2, 0.25) is 0 Å². The Balaban J connectivity index is 2.19. The second kappa shape index (κ2) is 5.46. The van der Waals surface area contributed by atoms with Crippen molar-refractivity contribution < 1.29 is 13.9 Å². The van der Waals surface area contributed by atoms with Gasteiger partial charge in [-0.3, -0.25) is 0 Å². The molecule has 0 fully saturated rings. The second-order valence-corrected chi connectivity index (χ2v) is 4.45. The van der Waals surface area contributed by atoms with Gasteiger partial charge in [-0.2, -0.15) is 0 Å². The zero-order valence-electron chi connectivity index (χ0n) is 9.41. The van der Waals surface area contributed by atoms with Crippen molar-refractivity contribution in [1.82, 2.24) is 0 Å². The van der Waals surface area contributed by atoms with Crippen molar-refractivity contribution in [2.45, 2.75) is 12.5 Å². The molecule has 0 aliphatic rings. The van der Waals surface area contributed by atoms with E-state index in [1.54, 1.807) is 12.1 Å². The summed E-state index contributed by atoms with van der Waals surface area (Å²) in [5, 5.41) is 10.2. The molecule has 94 valence electrons. The van der Waals surface area contributed by atoms with E-state index in [2.05, 4.69) is 0 Å². The maximum absolute atomic E-state index is 13.6. The van der Waals surface area contributed by atoms with E-state index < -0.39 is 11.9 Å². The molecule has 0 saturated heterocycles. The molecule has 1 unspecified atom stereocenters. The van der Waals surface area contributed by atoms with Gasteiger partial charge < -0.3 is 5.11 Å². The van der Waals surface area contributed by atoms with Crippen molar-refractivity contribution in [3.8, 4) is 0 Å². The average molecular weight is 269 g/mol. The van der Waals surface area contributed by atoms with Crippen LogP contribution in [-0.4, -0.2) is 5.11 Å². The van der Waals surface area contributed by atoms with Crippen LogP contribution in [0.5, 0.6) is 0 Å². The molecule has 0 spiro atoms. The van der Waals surface area contributed by atoms with E-state index in [4.69, 9.17) is 11.6 Å². The van der Waals surface area contributed by atoms with E-state index in [9.17, 15) is 13.9 Å². The van der Waals surface area contributed by atoms with Gasteiger partial charge in [0.15, 0.2) is 0 Å². The summed E-state index contributed by atoms with van der Waals surface area (Å²) in [5.41, 5.74) is 0.764. The van der Waals surface area contributed by atoms with Gasteiger partial charge in [0.05, 0.1) is 6.10 Å². The zero-order chi connectivity index (χ0) is 13.1. The van der Waals surface area contributed by atoms with Gasteiger partial charge >= 0.3 is 0 Å². The molecule has 0 aliphatic heterocycles. The quantitative estimate of drug-likeness (QED) is 0.895. The molecule has 2 aromatic carbocycles. The third-order valence-electron chi connectivity index (χ3n) is 2.64. The number of hydrogen-bond acceptors (Lipinski definition) is 1. The van der Waals surface area contributed by atoms with Crippen molar-refractivity contribution in [3.05, 3.63) is 70.2 Å². The Bertz CT molecular complexity index is 557. The third kappa shape index (κ3) is 3.06. The summed E-state index contributed by atoms with van der Waals surface area (Å²) in [7, 11) is 0. The van der Waals surface area contributed by atoms with Crippen molar-refractivity contribution >= 4 is 11.6 Å². The lowest BCUT2D eigenvalue weighted by Gasteiger charge is -2.12. The fourth-order valence-electron chi connectivity index (χ4n) is 1.77. The predicted molar refractivity (Wildman–Crippen MR) is 66.5 cm³/mol. The van der Waals surface area contributed by atoms with Gasteiger partial charge in [0.25, 0.3) is 0 Å². The highest BCUT2D eigenvalue weighted by molar-refractivity contribution is 6.30. The molecule has 18 heavy (non-hydrogen) atoms. The Morgan fingerprint density at radius 2 is 1.89 bits per heavy atom. The van der Waals surface area contributed by atoms with Crippen LogP contribution in [0.3, 0.4) is 0 Å². The first-order valence-electron chi connectivity index (χ1n) is 5.44. The van der Waals surface area contributed by atoms with E-state index in [0.717, 1.165) is 6.07 Å². The molecule has 0 aliphatic carbocycles. The molecule has 2 rings (SSSR count). The third-order valence-corrected chi connectivity index (χ3v) is 2.87. The monoisotopic (exact) mass is 268 g/mol. The Morgan fingerprint density at radius 3 is 2.56 bits per heavy atom. The Kier molecular flexibility index (Phi) is 3.94. The van der Waals surface area contributed by atoms with Crippen molar-refractivity contribution in [2.24, 2.45) is 0 Å². The lowest BCUT2D eigenvalue weighted by molar-refractivity contribution is 0.173. The van der Waals surface area contributed by atoms with Gasteiger partial charge in [0, 0.05) is 17.0 Å². The largest absolute Gasteiger partial charge is 0.388 e. The molecule has 0 bridgehead atoms. The Labute approximate surface area is 109 Å². The van der Waals surface area contributed by atoms with Gasteiger partial charge in [-0.05, 0) is 29.8 Å². The molecular formula is C14H11ClF2O. The fourth-order valence-corrected chi connectivity index (χ4v) is 1.93. The van der Waals surface area contributed by atoms with Crippen LogP contribution in [0.15, 0.2) is 42.5 Å². The SMILES string of the molecule is OC(Cc1cccc(F)c1)c1ccc(Cl)cc1F. The van der Waals surface area contributed by atoms with Crippen LogP contribution in [-0.2, 0) is 6.42 Å². The highest BCUT2D eigenvalue weighted by atomic mass is 35.5. The average Bonchev–Trinajstić information content (AvgIpc) is 2.28. The fraction of sp³-hybridized carbons (Fsp3) is 0.143. The van der Waals surface area contributed by atoms with Gasteiger partial charge in [-0.15, -0.1) is 0 Å². The minimum atomic E-state index is -1.02. The van der Waals surface area contributed by atoms with E-state index >= 15 is 0 Å². The van der Waals surface area contributed by atoms with Crippen LogP contribution in [0.1, 0.15) is 17.2 Å². The smallest absolute Gasteiger partial charge is 0.130 e. The highest BCUT2D eigenvalue weighted by Gasteiger charge is 2.14. The number of aliphatic hydroxyl groups is 1. The van der Waals surface area contributed by atoms with Crippen molar-refractivity contribution in [2.75, 3.05) is 0 Å². The van der Waals surface area contributed by atoms with Gasteiger partial charge in [0.1, 0.15) is 11.6 Å². The van der Waals surface area contributed by atoms with Crippen LogP contribution in [0, 0.1) is 11.6 Å². The van der Waals surface area contributed by atoms with E-state index in [1.165, 1.54) is 24.3 Å². The molecule has 0 heterocycles. The first kappa shape index (κ1) is 13.0. The molecule has 1 nitrogen and oxygen atoms in total. The second-order valence-electron chi connectivity index (χ2n) is 4.02. The standard InChI is InChI=1S/C14H11ClF2O/c15-10-4-5-12(13(17)8-10)14(18)7-9-2-1-3-11(16)6-9/h1-6,8,14,18H,7H2. The summed E-state index contributed by atoms with van der Waals surface area (Å²) in [6.07, 6.45) is -0.875. The van der Waals surface area contributed by atoms with E-state index in [0.29, 0.717) is 5.56 Å². The molecule has 2 aromatic rings. The number of aliphatic hydroxyl groups excluding tert-OH is 1. The van der Waals surface area contributed by atoms with Crippen LogP contribution in [0.4, 0.5) is 8.78 Å². The van der Waals surface area contributed by atoms with E-state index in [-0.39, 0.29) is 22.8 Å². The summed E-state index contributed by atoms with van der Waals surface area (Å²) in [6, 6.07) is 9.95. The molecule has 0 saturated carbocycles. The first-order chi connectivity index (χ1) is 8.56.